The van der Waals surface area contributed by atoms with Gasteiger partial charge in [0.15, 0.2) is 0 Å². The molecule has 0 radical (unpaired) electrons. The smallest absolute Gasteiger partial charge is 0.226 e. The predicted molar refractivity (Wildman–Crippen MR) is 93.7 cm³/mol. The van der Waals surface area contributed by atoms with E-state index in [0.29, 0.717) is 25.1 Å². The Hall–Kier alpha value is -1.70. The van der Waals surface area contributed by atoms with Crippen molar-refractivity contribution < 1.29 is 14.6 Å². The molecule has 0 bridgehead atoms. The Kier molecular flexibility index (Phi) is 5.88. The van der Waals surface area contributed by atoms with Gasteiger partial charge in [-0.3, -0.25) is 20.6 Å². The first-order valence-corrected chi connectivity index (χ1v) is 9.08. The van der Waals surface area contributed by atoms with Crippen LogP contribution in [0.3, 0.4) is 0 Å². The van der Waals surface area contributed by atoms with Crippen LogP contribution in [0, 0.1) is 11.8 Å². The molecule has 1 aliphatic heterocycles. The van der Waals surface area contributed by atoms with Gasteiger partial charge in [-0.25, -0.2) is 0 Å². The topological polar surface area (TPSA) is 95.5 Å². The maximum atomic E-state index is 12.9. The minimum atomic E-state index is -0.273. The Bertz CT molecular complexity index is 591. The van der Waals surface area contributed by atoms with E-state index >= 15 is 0 Å². The molecule has 2 aliphatic rings. The molecule has 3 rings (SSSR count). The molecule has 1 amide bonds. The lowest BCUT2D eigenvalue weighted by molar-refractivity contribution is -0.127. The van der Waals surface area contributed by atoms with Crippen molar-refractivity contribution in [3.63, 3.8) is 0 Å². The van der Waals surface area contributed by atoms with Gasteiger partial charge in [-0.15, -0.1) is 0 Å². The quantitative estimate of drug-likeness (QED) is 0.585. The highest BCUT2D eigenvalue weighted by molar-refractivity contribution is 5.80. The van der Waals surface area contributed by atoms with Crippen molar-refractivity contribution >= 4 is 5.91 Å². The zero-order valence-corrected chi connectivity index (χ0v) is 14.9. The number of aromatic nitrogens is 1. The number of aliphatic hydroxyl groups excluding tert-OH is 1. The predicted octanol–water partition coefficient (Wildman–Crippen LogP) is 0.911. The maximum absolute atomic E-state index is 12.9. The normalized spacial score (nSPS) is 29.7. The number of hydrogen-bond acceptors (Lipinski definition) is 6. The summed E-state index contributed by atoms with van der Waals surface area (Å²) in [5, 5.41) is 12.9. The first kappa shape index (κ1) is 18.1. The van der Waals surface area contributed by atoms with E-state index in [1.807, 2.05) is 6.07 Å². The molecule has 1 aromatic heterocycles. The van der Waals surface area contributed by atoms with Gasteiger partial charge in [0.25, 0.3) is 0 Å². The number of carbonyl (C=O) groups excluding carboxylic acids is 1. The van der Waals surface area contributed by atoms with Crippen LogP contribution in [-0.2, 0) is 4.79 Å². The summed E-state index contributed by atoms with van der Waals surface area (Å²) in [4.78, 5) is 17.1. The third-order valence-corrected chi connectivity index (χ3v) is 5.28. The van der Waals surface area contributed by atoms with E-state index in [4.69, 9.17) is 4.74 Å². The van der Waals surface area contributed by atoms with Crippen molar-refractivity contribution in [1.82, 2.24) is 21.2 Å². The zero-order valence-electron chi connectivity index (χ0n) is 14.9. The molecule has 4 N–H and O–H groups in total. The van der Waals surface area contributed by atoms with Crippen molar-refractivity contribution in [2.75, 3.05) is 13.7 Å². The number of pyridine rings is 1. The Balaban J connectivity index is 1.74. The summed E-state index contributed by atoms with van der Waals surface area (Å²) in [5.41, 5.74) is 7.23. The van der Waals surface area contributed by atoms with Gasteiger partial charge in [-0.1, -0.05) is 13.3 Å². The number of amides is 1. The minimum Gasteiger partial charge on any atom is -0.495 e. The second kappa shape index (κ2) is 8.12. The fourth-order valence-electron chi connectivity index (χ4n) is 3.76. The number of rotatable bonds is 7. The molecule has 1 saturated carbocycles. The molecular weight excluding hydrogens is 320 g/mol. The van der Waals surface area contributed by atoms with E-state index in [1.54, 1.807) is 19.5 Å². The SMILES string of the molecule is CCCC1NNCC1C(=O)NC(c1cncc(OC)c1)C1CC(O)C1. The van der Waals surface area contributed by atoms with Gasteiger partial charge in [0.2, 0.25) is 5.91 Å². The Morgan fingerprint density at radius 3 is 2.96 bits per heavy atom. The van der Waals surface area contributed by atoms with Gasteiger partial charge in [0.05, 0.1) is 31.4 Å². The largest absolute Gasteiger partial charge is 0.495 e. The van der Waals surface area contributed by atoms with Crippen LogP contribution in [0.15, 0.2) is 18.5 Å². The van der Waals surface area contributed by atoms with Gasteiger partial charge >= 0.3 is 0 Å². The highest BCUT2D eigenvalue weighted by atomic mass is 16.5. The zero-order chi connectivity index (χ0) is 17.8. The van der Waals surface area contributed by atoms with Gasteiger partial charge in [-0.2, -0.15) is 0 Å². The summed E-state index contributed by atoms with van der Waals surface area (Å²) >= 11 is 0. The first-order chi connectivity index (χ1) is 12.1. The summed E-state index contributed by atoms with van der Waals surface area (Å²) in [5.74, 6) is 0.848. The molecule has 1 saturated heterocycles. The Morgan fingerprint density at radius 1 is 1.48 bits per heavy atom. The second-order valence-corrected chi connectivity index (χ2v) is 7.06. The average molecular weight is 348 g/mol. The van der Waals surface area contributed by atoms with E-state index in [-0.39, 0.29) is 35.9 Å². The molecular formula is C18H28N4O3. The van der Waals surface area contributed by atoms with Crippen molar-refractivity contribution in [3.8, 4) is 5.75 Å². The lowest BCUT2D eigenvalue weighted by Gasteiger charge is -2.38. The summed E-state index contributed by atoms with van der Waals surface area (Å²) < 4.78 is 5.27. The van der Waals surface area contributed by atoms with Crippen LogP contribution in [0.5, 0.6) is 5.75 Å². The molecule has 25 heavy (non-hydrogen) atoms. The number of nitrogens with zero attached hydrogens (tertiary/aromatic N) is 1. The highest BCUT2D eigenvalue weighted by Gasteiger charge is 2.39. The summed E-state index contributed by atoms with van der Waals surface area (Å²) in [6.07, 6.45) is 6.53. The monoisotopic (exact) mass is 348 g/mol. The summed E-state index contributed by atoms with van der Waals surface area (Å²) in [6.45, 7) is 2.75. The molecule has 7 nitrogen and oxygen atoms in total. The molecule has 7 heteroatoms. The first-order valence-electron chi connectivity index (χ1n) is 9.08. The van der Waals surface area contributed by atoms with Gasteiger partial charge in [0, 0.05) is 18.8 Å². The second-order valence-electron chi connectivity index (χ2n) is 7.06. The van der Waals surface area contributed by atoms with E-state index in [1.165, 1.54) is 0 Å². The minimum absolute atomic E-state index is 0.0464. The molecule has 3 atom stereocenters. The average Bonchev–Trinajstić information content (AvgIpc) is 3.06. The fraction of sp³-hybridized carbons (Fsp3) is 0.667. The molecule has 2 fully saturated rings. The number of hydrogen-bond donors (Lipinski definition) is 4. The van der Waals surface area contributed by atoms with Crippen LogP contribution in [0.1, 0.15) is 44.2 Å². The Morgan fingerprint density at radius 2 is 2.28 bits per heavy atom. The van der Waals surface area contributed by atoms with Crippen LogP contribution in [0.25, 0.3) is 0 Å². The Labute approximate surface area is 148 Å². The molecule has 138 valence electrons. The van der Waals surface area contributed by atoms with Crippen molar-refractivity contribution in [2.24, 2.45) is 11.8 Å². The number of ether oxygens (including phenoxy) is 1. The molecule has 2 heterocycles. The molecule has 1 aromatic rings. The molecule has 1 aliphatic carbocycles. The number of carbonyl (C=O) groups is 1. The third kappa shape index (κ3) is 4.11. The van der Waals surface area contributed by atoms with Crippen LogP contribution in [0.4, 0.5) is 0 Å². The highest BCUT2D eigenvalue weighted by Crippen LogP contribution is 2.38. The van der Waals surface area contributed by atoms with Crippen LogP contribution < -0.4 is 20.9 Å². The standard InChI is InChI=1S/C18H28N4O3/c1-3-4-16-15(10-20-22-16)18(24)21-17(11-5-13(23)6-11)12-7-14(25-2)9-19-8-12/h7-9,11,13,15-17,20,22-23H,3-6,10H2,1-2H3,(H,21,24). The van der Waals surface area contributed by atoms with Gasteiger partial charge in [-0.05, 0) is 36.8 Å². The van der Waals surface area contributed by atoms with E-state index in [0.717, 1.165) is 18.4 Å². The van der Waals surface area contributed by atoms with Crippen molar-refractivity contribution in [1.29, 1.82) is 0 Å². The third-order valence-electron chi connectivity index (χ3n) is 5.28. The van der Waals surface area contributed by atoms with Crippen molar-refractivity contribution in [3.05, 3.63) is 24.0 Å². The lowest BCUT2D eigenvalue weighted by Crippen LogP contribution is -2.46. The fourth-order valence-corrected chi connectivity index (χ4v) is 3.76. The number of nitrogens with one attached hydrogen (secondary N) is 3. The van der Waals surface area contributed by atoms with E-state index in [2.05, 4.69) is 28.1 Å². The molecule has 0 spiro atoms. The van der Waals surface area contributed by atoms with Gasteiger partial charge < -0.3 is 15.2 Å². The van der Waals surface area contributed by atoms with Crippen LogP contribution >= 0.6 is 0 Å². The summed E-state index contributed by atoms with van der Waals surface area (Å²) in [7, 11) is 1.60. The summed E-state index contributed by atoms with van der Waals surface area (Å²) in [6, 6.07) is 1.92. The van der Waals surface area contributed by atoms with Crippen LogP contribution in [-0.4, -0.2) is 41.8 Å². The number of methoxy groups -OCH3 is 1. The van der Waals surface area contributed by atoms with Gasteiger partial charge in [0.1, 0.15) is 5.75 Å². The van der Waals surface area contributed by atoms with Crippen LogP contribution in [0.2, 0.25) is 0 Å². The van der Waals surface area contributed by atoms with E-state index < -0.39 is 0 Å². The number of aliphatic hydroxyl groups is 1. The number of hydrazine groups is 1. The van der Waals surface area contributed by atoms with Crippen molar-refractivity contribution in [2.45, 2.75) is 50.8 Å². The van der Waals surface area contributed by atoms with E-state index in [9.17, 15) is 9.90 Å². The maximum Gasteiger partial charge on any atom is 0.226 e. The molecule has 3 unspecified atom stereocenters. The lowest BCUT2D eigenvalue weighted by atomic mass is 9.75. The molecule has 0 aromatic carbocycles.